The van der Waals surface area contributed by atoms with Crippen LogP contribution in [-0.2, 0) is 6.54 Å². The molecule has 1 saturated carbocycles. The summed E-state index contributed by atoms with van der Waals surface area (Å²) < 4.78 is 40.5. The Kier molecular flexibility index (Phi) is 4.73. The van der Waals surface area contributed by atoms with Crippen LogP contribution in [0.2, 0.25) is 0 Å². The van der Waals surface area contributed by atoms with Crippen LogP contribution < -0.4 is 10.1 Å². The quantitative estimate of drug-likeness (QED) is 0.867. The summed E-state index contributed by atoms with van der Waals surface area (Å²) in [6, 6.07) is 4.62. The molecule has 19 heavy (non-hydrogen) atoms. The Hall–Kier alpha value is -0.750. The van der Waals surface area contributed by atoms with Crippen molar-refractivity contribution in [3.8, 4) is 5.75 Å². The third-order valence-electron chi connectivity index (χ3n) is 3.21. The van der Waals surface area contributed by atoms with Gasteiger partial charge in [-0.1, -0.05) is 12.5 Å². The normalized spacial score (nSPS) is 16.2. The molecule has 106 valence electrons. The maximum atomic E-state index is 12.1. The second kappa shape index (κ2) is 6.13. The van der Waals surface area contributed by atoms with Crippen molar-refractivity contribution in [2.75, 3.05) is 6.54 Å². The molecule has 0 aliphatic heterocycles. The van der Waals surface area contributed by atoms with Crippen LogP contribution in [0.15, 0.2) is 22.7 Å². The average molecular weight is 338 g/mol. The van der Waals surface area contributed by atoms with Gasteiger partial charge in [-0.15, -0.1) is 13.2 Å². The van der Waals surface area contributed by atoms with Crippen LogP contribution in [0.25, 0.3) is 0 Å². The summed E-state index contributed by atoms with van der Waals surface area (Å²) in [5, 5.41) is 3.31. The van der Waals surface area contributed by atoms with Crippen LogP contribution in [0.3, 0.4) is 0 Å². The number of rotatable bonds is 5. The Morgan fingerprint density at radius 3 is 2.58 bits per heavy atom. The highest BCUT2D eigenvalue weighted by molar-refractivity contribution is 9.10. The number of benzene rings is 1. The van der Waals surface area contributed by atoms with Crippen LogP contribution in [0.1, 0.15) is 24.8 Å². The van der Waals surface area contributed by atoms with Gasteiger partial charge in [0.25, 0.3) is 0 Å². The first-order chi connectivity index (χ1) is 8.94. The molecule has 1 aliphatic rings. The molecular weight excluding hydrogens is 323 g/mol. The molecule has 0 atom stereocenters. The number of hydrogen-bond donors (Lipinski definition) is 1. The molecule has 2 rings (SSSR count). The lowest BCUT2D eigenvalue weighted by Crippen LogP contribution is -2.26. The van der Waals surface area contributed by atoms with Crippen molar-refractivity contribution in [1.29, 1.82) is 0 Å². The second-order valence-electron chi connectivity index (χ2n) is 4.74. The van der Waals surface area contributed by atoms with E-state index in [0.717, 1.165) is 18.0 Å². The summed E-state index contributed by atoms with van der Waals surface area (Å²) in [6.07, 6.45) is -0.808. The van der Waals surface area contributed by atoms with Crippen LogP contribution >= 0.6 is 15.9 Å². The Morgan fingerprint density at radius 2 is 2.05 bits per heavy atom. The van der Waals surface area contributed by atoms with Gasteiger partial charge in [0.2, 0.25) is 0 Å². The minimum Gasteiger partial charge on any atom is -0.405 e. The molecule has 0 bridgehead atoms. The molecule has 6 heteroatoms. The van der Waals surface area contributed by atoms with Crippen molar-refractivity contribution >= 4 is 15.9 Å². The van der Waals surface area contributed by atoms with E-state index >= 15 is 0 Å². The molecule has 0 heterocycles. The van der Waals surface area contributed by atoms with Crippen molar-refractivity contribution in [2.45, 2.75) is 32.2 Å². The fourth-order valence-electron chi connectivity index (χ4n) is 1.98. The van der Waals surface area contributed by atoms with Crippen molar-refractivity contribution in [3.63, 3.8) is 0 Å². The molecule has 1 aromatic rings. The van der Waals surface area contributed by atoms with Gasteiger partial charge in [0, 0.05) is 6.54 Å². The summed E-state index contributed by atoms with van der Waals surface area (Å²) >= 11 is 3.09. The van der Waals surface area contributed by atoms with Gasteiger partial charge >= 0.3 is 6.36 Å². The fourth-order valence-corrected chi connectivity index (χ4v) is 2.49. The summed E-state index contributed by atoms with van der Waals surface area (Å²) in [6.45, 7) is 1.62. The molecule has 0 radical (unpaired) electrons. The number of nitrogens with one attached hydrogen (secondary N) is 1. The van der Waals surface area contributed by atoms with Gasteiger partial charge in [-0.25, -0.2) is 0 Å². The minimum atomic E-state index is -4.66. The number of hydrogen-bond acceptors (Lipinski definition) is 2. The lowest BCUT2D eigenvalue weighted by atomic mass is 9.85. The zero-order valence-electron chi connectivity index (χ0n) is 10.3. The van der Waals surface area contributed by atoms with E-state index in [4.69, 9.17) is 0 Å². The van der Waals surface area contributed by atoms with E-state index in [2.05, 4.69) is 26.0 Å². The largest absolute Gasteiger partial charge is 0.573 e. The SMILES string of the molecule is FC(F)(F)Oc1ccc(CNCC2CCC2)cc1Br. The van der Waals surface area contributed by atoms with Crippen molar-refractivity contribution in [3.05, 3.63) is 28.2 Å². The van der Waals surface area contributed by atoms with Crippen molar-refractivity contribution in [1.82, 2.24) is 5.32 Å². The zero-order valence-corrected chi connectivity index (χ0v) is 11.9. The maximum absolute atomic E-state index is 12.1. The predicted octanol–water partition coefficient (Wildman–Crippen LogP) is 4.24. The number of alkyl halides is 3. The summed E-state index contributed by atoms with van der Waals surface area (Å²) in [5.41, 5.74) is 0.931. The van der Waals surface area contributed by atoms with Crippen LogP contribution in [-0.4, -0.2) is 12.9 Å². The van der Waals surface area contributed by atoms with Gasteiger partial charge in [-0.3, -0.25) is 0 Å². The van der Waals surface area contributed by atoms with Crippen LogP contribution in [0, 0.1) is 5.92 Å². The maximum Gasteiger partial charge on any atom is 0.573 e. The molecule has 0 unspecified atom stereocenters. The lowest BCUT2D eigenvalue weighted by Gasteiger charge is -2.25. The summed E-state index contributed by atoms with van der Waals surface area (Å²) in [4.78, 5) is 0. The Bertz CT molecular complexity index is 432. The van der Waals surface area contributed by atoms with Gasteiger partial charge < -0.3 is 10.1 Å². The first-order valence-electron chi connectivity index (χ1n) is 6.19. The number of ether oxygens (including phenoxy) is 1. The van der Waals surface area contributed by atoms with Crippen molar-refractivity contribution in [2.24, 2.45) is 5.92 Å². The smallest absolute Gasteiger partial charge is 0.405 e. The third-order valence-corrected chi connectivity index (χ3v) is 3.83. The van der Waals surface area contributed by atoms with E-state index < -0.39 is 6.36 Å². The van der Waals surface area contributed by atoms with Gasteiger partial charge in [0.05, 0.1) is 4.47 Å². The highest BCUT2D eigenvalue weighted by Crippen LogP contribution is 2.31. The van der Waals surface area contributed by atoms with E-state index in [1.54, 1.807) is 12.1 Å². The van der Waals surface area contributed by atoms with Crippen LogP contribution in [0.4, 0.5) is 13.2 Å². The standard InChI is InChI=1S/C13H15BrF3NO/c14-11-6-10(8-18-7-9-2-1-3-9)4-5-12(11)19-13(15,16)17/h4-6,9,18H,1-3,7-8H2. The highest BCUT2D eigenvalue weighted by Gasteiger charge is 2.31. The van der Waals surface area contributed by atoms with E-state index in [0.29, 0.717) is 11.0 Å². The molecular formula is C13H15BrF3NO. The third kappa shape index (κ3) is 4.69. The van der Waals surface area contributed by atoms with Gasteiger partial charge in [0.1, 0.15) is 5.75 Å². The molecule has 1 N–H and O–H groups in total. The summed E-state index contributed by atoms with van der Waals surface area (Å²) in [5.74, 6) is 0.548. The molecule has 0 amide bonds. The van der Waals surface area contributed by atoms with E-state index in [1.807, 2.05) is 0 Å². The van der Waals surface area contributed by atoms with Gasteiger partial charge in [-0.05, 0) is 58.9 Å². The molecule has 0 saturated heterocycles. The molecule has 1 fully saturated rings. The molecule has 2 nitrogen and oxygen atoms in total. The monoisotopic (exact) mass is 337 g/mol. The predicted molar refractivity (Wildman–Crippen MR) is 69.9 cm³/mol. The molecule has 0 spiro atoms. The fraction of sp³-hybridized carbons (Fsp3) is 0.538. The summed E-state index contributed by atoms with van der Waals surface area (Å²) in [7, 11) is 0. The second-order valence-corrected chi connectivity index (χ2v) is 5.59. The zero-order chi connectivity index (χ0) is 13.9. The van der Waals surface area contributed by atoms with E-state index in [9.17, 15) is 13.2 Å². The number of halogens is 4. The van der Waals surface area contributed by atoms with E-state index in [-0.39, 0.29) is 5.75 Å². The first-order valence-corrected chi connectivity index (χ1v) is 6.98. The first kappa shape index (κ1) is 14.7. The average Bonchev–Trinajstić information content (AvgIpc) is 2.24. The van der Waals surface area contributed by atoms with E-state index in [1.165, 1.54) is 25.3 Å². The molecule has 1 aromatic carbocycles. The Labute approximate surface area is 118 Å². The Morgan fingerprint density at radius 1 is 1.32 bits per heavy atom. The van der Waals surface area contributed by atoms with Crippen molar-refractivity contribution < 1.29 is 17.9 Å². The Balaban J connectivity index is 1.86. The minimum absolute atomic E-state index is 0.213. The highest BCUT2D eigenvalue weighted by atomic mass is 79.9. The van der Waals surface area contributed by atoms with Crippen LogP contribution in [0.5, 0.6) is 5.75 Å². The van der Waals surface area contributed by atoms with Gasteiger partial charge in [-0.2, -0.15) is 0 Å². The lowest BCUT2D eigenvalue weighted by molar-refractivity contribution is -0.274. The van der Waals surface area contributed by atoms with Gasteiger partial charge in [0.15, 0.2) is 0 Å². The topological polar surface area (TPSA) is 21.3 Å². The molecule has 1 aliphatic carbocycles. The molecule has 0 aromatic heterocycles.